The summed E-state index contributed by atoms with van der Waals surface area (Å²) in [6, 6.07) is 5.23. The Morgan fingerprint density at radius 3 is 2.40 bits per heavy atom. The summed E-state index contributed by atoms with van der Waals surface area (Å²) in [6.07, 6.45) is -2.94. The lowest BCUT2D eigenvalue weighted by molar-refractivity contribution is -0.274. The molecule has 0 bridgehead atoms. The van der Waals surface area contributed by atoms with E-state index < -0.39 is 6.36 Å². The van der Waals surface area contributed by atoms with Gasteiger partial charge in [-0.2, -0.15) is 0 Å². The molecule has 0 radical (unpaired) electrons. The SMILES string of the molecule is NCCCCNC(=O)Cc1ccc(OC(F)(F)F)cc1. The van der Waals surface area contributed by atoms with Crippen molar-refractivity contribution in [1.29, 1.82) is 0 Å². The van der Waals surface area contributed by atoms with Gasteiger partial charge < -0.3 is 15.8 Å². The number of hydrogen-bond acceptors (Lipinski definition) is 3. The van der Waals surface area contributed by atoms with Crippen molar-refractivity contribution < 1.29 is 22.7 Å². The number of nitrogens with two attached hydrogens (primary N) is 1. The largest absolute Gasteiger partial charge is 0.573 e. The van der Waals surface area contributed by atoms with Gasteiger partial charge in [0, 0.05) is 6.54 Å². The summed E-state index contributed by atoms with van der Waals surface area (Å²) in [5.74, 6) is -0.476. The molecule has 0 aromatic heterocycles. The highest BCUT2D eigenvalue weighted by Gasteiger charge is 2.30. The van der Waals surface area contributed by atoms with E-state index in [1.54, 1.807) is 0 Å². The molecule has 1 aromatic rings. The highest BCUT2D eigenvalue weighted by Crippen LogP contribution is 2.22. The quantitative estimate of drug-likeness (QED) is 0.755. The van der Waals surface area contributed by atoms with Gasteiger partial charge in [0.05, 0.1) is 6.42 Å². The predicted molar refractivity (Wildman–Crippen MR) is 68.1 cm³/mol. The smallest absolute Gasteiger partial charge is 0.406 e. The number of ether oxygens (including phenoxy) is 1. The Hall–Kier alpha value is -1.76. The first-order chi connectivity index (χ1) is 9.40. The average molecular weight is 290 g/mol. The van der Waals surface area contributed by atoms with Gasteiger partial charge in [0.1, 0.15) is 5.75 Å². The summed E-state index contributed by atoms with van der Waals surface area (Å²) < 4.78 is 39.6. The second-order valence-electron chi connectivity index (χ2n) is 4.21. The molecule has 7 heteroatoms. The summed E-state index contributed by atoms with van der Waals surface area (Å²) in [5, 5.41) is 2.71. The highest BCUT2D eigenvalue weighted by molar-refractivity contribution is 5.78. The van der Waals surface area contributed by atoms with Gasteiger partial charge in [-0.3, -0.25) is 4.79 Å². The molecule has 3 N–H and O–H groups in total. The molecule has 0 aliphatic carbocycles. The number of amides is 1. The lowest BCUT2D eigenvalue weighted by Crippen LogP contribution is -2.26. The van der Waals surface area contributed by atoms with Crippen LogP contribution in [0.1, 0.15) is 18.4 Å². The van der Waals surface area contributed by atoms with Crippen molar-refractivity contribution in [2.75, 3.05) is 13.1 Å². The standard InChI is InChI=1S/C13H17F3N2O2/c14-13(15,16)20-11-5-3-10(4-6-11)9-12(19)18-8-2-1-7-17/h3-6H,1-2,7-9,17H2,(H,18,19). The minimum absolute atomic E-state index is 0.120. The predicted octanol–water partition coefficient (Wildman–Crippen LogP) is 1.98. The van der Waals surface area contributed by atoms with E-state index in [-0.39, 0.29) is 18.1 Å². The van der Waals surface area contributed by atoms with Crippen molar-refractivity contribution in [3.8, 4) is 5.75 Å². The first-order valence-electron chi connectivity index (χ1n) is 6.22. The number of alkyl halides is 3. The average Bonchev–Trinajstić information content (AvgIpc) is 2.35. The van der Waals surface area contributed by atoms with E-state index in [1.807, 2.05) is 0 Å². The zero-order chi connectivity index (χ0) is 15.0. The van der Waals surface area contributed by atoms with Gasteiger partial charge in [-0.05, 0) is 37.1 Å². The zero-order valence-electron chi connectivity index (χ0n) is 10.9. The van der Waals surface area contributed by atoms with E-state index in [0.717, 1.165) is 12.8 Å². The summed E-state index contributed by atoms with van der Waals surface area (Å²) in [5.41, 5.74) is 5.94. The molecule has 0 saturated heterocycles. The minimum atomic E-state index is -4.71. The van der Waals surface area contributed by atoms with Gasteiger partial charge in [-0.1, -0.05) is 12.1 Å². The van der Waals surface area contributed by atoms with Crippen molar-refractivity contribution in [3.05, 3.63) is 29.8 Å². The van der Waals surface area contributed by atoms with Gasteiger partial charge in [-0.15, -0.1) is 13.2 Å². The lowest BCUT2D eigenvalue weighted by atomic mass is 10.1. The molecule has 0 saturated carbocycles. The molecule has 0 spiro atoms. The summed E-state index contributed by atoms with van der Waals surface area (Å²) in [6.45, 7) is 1.13. The summed E-state index contributed by atoms with van der Waals surface area (Å²) >= 11 is 0. The molecule has 112 valence electrons. The van der Waals surface area contributed by atoms with E-state index in [4.69, 9.17) is 5.73 Å². The van der Waals surface area contributed by atoms with Crippen molar-refractivity contribution in [2.45, 2.75) is 25.6 Å². The van der Waals surface area contributed by atoms with Gasteiger partial charge in [-0.25, -0.2) is 0 Å². The molecule has 0 heterocycles. The molecular weight excluding hydrogens is 273 g/mol. The van der Waals surface area contributed by atoms with Gasteiger partial charge in [0.25, 0.3) is 0 Å². The maximum atomic E-state index is 12.0. The molecule has 0 fully saturated rings. The number of nitrogens with one attached hydrogen (secondary N) is 1. The number of carbonyl (C=O) groups excluding carboxylic acids is 1. The fourth-order valence-electron chi connectivity index (χ4n) is 1.55. The van der Waals surface area contributed by atoms with Gasteiger partial charge >= 0.3 is 6.36 Å². The zero-order valence-corrected chi connectivity index (χ0v) is 10.9. The lowest BCUT2D eigenvalue weighted by Gasteiger charge is -2.09. The van der Waals surface area contributed by atoms with Crippen LogP contribution < -0.4 is 15.8 Å². The molecule has 0 aliphatic heterocycles. The number of rotatable bonds is 7. The number of unbranched alkanes of at least 4 members (excludes halogenated alkanes) is 1. The highest BCUT2D eigenvalue weighted by atomic mass is 19.4. The van der Waals surface area contributed by atoms with Crippen LogP contribution in [0, 0.1) is 0 Å². The second kappa shape index (κ2) is 7.74. The Balaban J connectivity index is 2.39. The fraction of sp³-hybridized carbons (Fsp3) is 0.462. The van der Waals surface area contributed by atoms with E-state index in [1.165, 1.54) is 24.3 Å². The fourth-order valence-corrected chi connectivity index (χ4v) is 1.55. The van der Waals surface area contributed by atoms with Gasteiger partial charge in [0.2, 0.25) is 5.91 Å². The van der Waals surface area contributed by atoms with Crippen molar-refractivity contribution in [1.82, 2.24) is 5.32 Å². The van der Waals surface area contributed by atoms with Crippen LogP contribution in [0.25, 0.3) is 0 Å². The van der Waals surface area contributed by atoms with Crippen LogP contribution in [0.3, 0.4) is 0 Å². The Labute approximate surface area is 115 Å². The molecule has 1 amide bonds. The normalized spacial score (nSPS) is 11.2. The number of halogens is 3. The molecule has 1 rings (SSSR count). The van der Waals surface area contributed by atoms with E-state index >= 15 is 0 Å². The Morgan fingerprint density at radius 2 is 1.85 bits per heavy atom. The topological polar surface area (TPSA) is 64.3 Å². The third-order valence-electron chi connectivity index (χ3n) is 2.47. The van der Waals surface area contributed by atoms with E-state index in [0.29, 0.717) is 18.7 Å². The van der Waals surface area contributed by atoms with Crippen LogP contribution in [-0.2, 0) is 11.2 Å². The molecule has 0 aliphatic rings. The molecule has 4 nitrogen and oxygen atoms in total. The third-order valence-corrected chi connectivity index (χ3v) is 2.47. The van der Waals surface area contributed by atoms with Crippen LogP contribution in [0.4, 0.5) is 13.2 Å². The van der Waals surface area contributed by atoms with E-state index in [9.17, 15) is 18.0 Å². The van der Waals surface area contributed by atoms with Crippen molar-refractivity contribution in [2.24, 2.45) is 5.73 Å². The van der Waals surface area contributed by atoms with Crippen molar-refractivity contribution >= 4 is 5.91 Å². The van der Waals surface area contributed by atoms with Crippen LogP contribution in [0.5, 0.6) is 5.75 Å². The Morgan fingerprint density at radius 1 is 1.20 bits per heavy atom. The van der Waals surface area contributed by atoms with Crippen LogP contribution in [0.2, 0.25) is 0 Å². The van der Waals surface area contributed by atoms with Crippen molar-refractivity contribution in [3.63, 3.8) is 0 Å². The Bertz CT molecular complexity index is 419. The first kappa shape index (κ1) is 16.3. The van der Waals surface area contributed by atoms with E-state index in [2.05, 4.69) is 10.1 Å². The Kier molecular flexibility index (Phi) is 6.30. The molecular formula is C13H17F3N2O2. The molecule has 0 atom stereocenters. The van der Waals surface area contributed by atoms with Crippen LogP contribution >= 0.6 is 0 Å². The number of carbonyl (C=O) groups is 1. The number of benzene rings is 1. The summed E-state index contributed by atoms with van der Waals surface area (Å²) in [4.78, 5) is 11.5. The monoisotopic (exact) mass is 290 g/mol. The first-order valence-corrected chi connectivity index (χ1v) is 6.22. The molecule has 1 aromatic carbocycles. The molecule has 0 unspecified atom stereocenters. The maximum absolute atomic E-state index is 12.0. The second-order valence-corrected chi connectivity index (χ2v) is 4.21. The minimum Gasteiger partial charge on any atom is -0.406 e. The van der Waals surface area contributed by atoms with Crippen LogP contribution in [-0.4, -0.2) is 25.4 Å². The maximum Gasteiger partial charge on any atom is 0.573 e. The van der Waals surface area contributed by atoms with Gasteiger partial charge in [0.15, 0.2) is 0 Å². The third kappa shape index (κ3) is 6.98. The summed E-state index contributed by atoms with van der Waals surface area (Å²) in [7, 11) is 0. The van der Waals surface area contributed by atoms with Crippen LogP contribution in [0.15, 0.2) is 24.3 Å². The number of hydrogen-bond donors (Lipinski definition) is 2. The molecule has 20 heavy (non-hydrogen) atoms.